The smallest absolute Gasteiger partial charge is 0.159 e. The van der Waals surface area contributed by atoms with Gasteiger partial charge in [0.05, 0.1) is 6.54 Å². The summed E-state index contributed by atoms with van der Waals surface area (Å²) < 4.78 is 27.0. The first-order valence-electron chi connectivity index (χ1n) is 9.32. The van der Waals surface area contributed by atoms with E-state index in [0.29, 0.717) is 12.1 Å². The van der Waals surface area contributed by atoms with Crippen LogP contribution >= 0.6 is 11.3 Å². The van der Waals surface area contributed by atoms with Crippen LogP contribution in [0.25, 0.3) is 10.9 Å². The first-order chi connectivity index (χ1) is 14.4. The van der Waals surface area contributed by atoms with Crippen LogP contribution in [0, 0.1) is 18.6 Å². The lowest BCUT2D eigenvalue weighted by Crippen LogP contribution is -2.05. The molecule has 0 aliphatic carbocycles. The normalized spacial score (nSPS) is 10.7. The van der Waals surface area contributed by atoms with Crippen LogP contribution in [0.15, 0.2) is 53.9 Å². The van der Waals surface area contributed by atoms with Crippen LogP contribution in [0.2, 0.25) is 0 Å². The van der Waals surface area contributed by atoms with Crippen molar-refractivity contribution in [2.45, 2.75) is 20.0 Å². The van der Waals surface area contributed by atoms with Gasteiger partial charge in [0.25, 0.3) is 0 Å². The van der Waals surface area contributed by atoms with Gasteiger partial charge in [-0.25, -0.2) is 8.78 Å². The zero-order chi connectivity index (χ0) is 21.7. The lowest BCUT2D eigenvalue weighted by Gasteiger charge is -2.06. The van der Waals surface area contributed by atoms with Crippen LogP contribution < -0.4 is 5.32 Å². The largest absolute Gasteiger partial charge is 0.508 e. The average Bonchev–Trinajstić information content (AvgIpc) is 3.32. The number of phenolic OH excluding ortho intramolecular Hbond substituents is 1. The van der Waals surface area contributed by atoms with E-state index in [2.05, 4.69) is 16.0 Å². The molecule has 0 saturated carbocycles. The molecule has 30 heavy (non-hydrogen) atoms. The topological polar surface area (TPSA) is 54.3 Å². The molecule has 0 bridgehead atoms. The number of aromatic hydroxyl groups is 1. The molecule has 2 aromatic heterocycles. The molecule has 0 aliphatic heterocycles. The second-order valence-corrected chi connectivity index (χ2v) is 7.79. The number of hydrogen-bond donors (Lipinski definition) is 2. The zero-order valence-electron chi connectivity index (χ0n) is 16.7. The first kappa shape index (κ1) is 21.7. The number of carbonyl (C=O) groups is 1. The predicted molar refractivity (Wildman–Crippen MR) is 116 cm³/mol. The van der Waals surface area contributed by atoms with E-state index in [0.717, 1.165) is 41.1 Å². The van der Waals surface area contributed by atoms with Gasteiger partial charge in [0.2, 0.25) is 0 Å². The van der Waals surface area contributed by atoms with Gasteiger partial charge in [0.1, 0.15) is 5.75 Å². The number of nitrogens with one attached hydrogen (secondary N) is 1. The summed E-state index contributed by atoms with van der Waals surface area (Å²) in [7, 11) is 1.75. The Morgan fingerprint density at radius 1 is 1.13 bits per heavy atom. The Balaban J connectivity index is 0.000000199. The Morgan fingerprint density at radius 3 is 2.57 bits per heavy atom. The van der Waals surface area contributed by atoms with Gasteiger partial charge in [0, 0.05) is 33.6 Å². The summed E-state index contributed by atoms with van der Waals surface area (Å²) in [5.74, 6) is -1.41. The highest BCUT2D eigenvalue weighted by atomic mass is 32.1. The van der Waals surface area contributed by atoms with Gasteiger partial charge in [-0.2, -0.15) is 0 Å². The van der Waals surface area contributed by atoms with E-state index in [1.54, 1.807) is 36.6 Å². The standard InChI is InChI=1S/C15H13NO2S.C8H9F2N/c1-10-14(9-17)13-7-11(18)4-5-15(13)16(10)8-12-3-2-6-19-12;1-11-5-6-2-3-7(9)8(10)4-6/h2-7,9,18H,8H2,1H3;2-4,11H,5H2,1H3. The molecule has 0 unspecified atom stereocenters. The molecular weight excluding hydrogens is 406 g/mol. The number of fused-ring (bicyclic) bond motifs is 1. The zero-order valence-corrected chi connectivity index (χ0v) is 17.5. The number of aromatic nitrogens is 1. The van der Waals surface area contributed by atoms with Crippen molar-refractivity contribution in [1.29, 1.82) is 0 Å². The van der Waals surface area contributed by atoms with Gasteiger partial charge in [-0.3, -0.25) is 4.79 Å². The van der Waals surface area contributed by atoms with E-state index in [1.165, 1.54) is 10.9 Å². The number of aldehydes is 1. The van der Waals surface area contributed by atoms with Gasteiger partial charge >= 0.3 is 0 Å². The molecule has 4 aromatic rings. The molecule has 0 radical (unpaired) electrons. The number of phenols is 1. The molecule has 0 aliphatic rings. The Labute approximate surface area is 177 Å². The SMILES string of the molecule is CNCc1ccc(F)c(F)c1.Cc1c(C=O)c2cc(O)ccc2n1Cc1cccs1. The van der Waals surface area contributed by atoms with Crippen molar-refractivity contribution in [2.75, 3.05) is 7.05 Å². The quantitative estimate of drug-likeness (QED) is 0.426. The van der Waals surface area contributed by atoms with E-state index in [9.17, 15) is 18.7 Å². The minimum Gasteiger partial charge on any atom is -0.508 e. The monoisotopic (exact) mass is 428 g/mol. The number of rotatable bonds is 5. The fourth-order valence-corrected chi connectivity index (χ4v) is 3.95. The number of benzene rings is 2. The summed E-state index contributed by atoms with van der Waals surface area (Å²) in [5.41, 5.74) is 3.31. The van der Waals surface area contributed by atoms with Gasteiger partial charge in [0.15, 0.2) is 17.9 Å². The average molecular weight is 429 g/mol. The van der Waals surface area contributed by atoms with Crippen molar-refractivity contribution in [3.05, 3.63) is 87.2 Å². The van der Waals surface area contributed by atoms with Crippen molar-refractivity contribution in [3.63, 3.8) is 0 Å². The fourth-order valence-electron chi connectivity index (χ4n) is 3.26. The number of nitrogens with zero attached hydrogens (tertiary/aromatic N) is 1. The summed E-state index contributed by atoms with van der Waals surface area (Å²) in [6, 6.07) is 13.1. The number of halogens is 2. The molecular formula is C23H22F2N2O2S. The summed E-state index contributed by atoms with van der Waals surface area (Å²) in [4.78, 5) is 12.5. The van der Waals surface area contributed by atoms with Gasteiger partial charge in [-0.15, -0.1) is 11.3 Å². The van der Waals surface area contributed by atoms with E-state index < -0.39 is 11.6 Å². The minimum absolute atomic E-state index is 0.184. The lowest BCUT2D eigenvalue weighted by atomic mass is 10.1. The highest BCUT2D eigenvalue weighted by molar-refractivity contribution is 7.09. The maximum Gasteiger partial charge on any atom is 0.159 e. The highest BCUT2D eigenvalue weighted by Gasteiger charge is 2.14. The second-order valence-electron chi connectivity index (χ2n) is 6.76. The molecule has 0 saturated heterocycles. The van der Waals surface area contributed by atoms with Gasteiger partial charge in [-0.1, -0.05) is 12.1 Å². The third-order valence-corrected chi connectivity index (χ3v) is 5.59. The van der Waals surface area contributed by atoms with Crippen LogP contribution in [0.3, 0.4) is 0 Å². The van der Waals surface area contributed by atoms with Crippen molar-refractivity contribution < 1.29 is 18.7 Å². The fraction of sp³-hybridized carbons (Fsp3) is 0.174. The van der Waals surface area contributed by atoms with Crippen LogP contribution in [0.4, 0.5) is 8.78 Å². The predicted octanol–water partition coefficient (Wildman–Crippen LogP) is 5.26. The summed E-state index contributed by atoms with van der Waals surface area (Å²) in [6.45, 7) is 3.24. The van der Waals surface area contributed by atoms with Crippen molar-refractivity contribution in [1.82, 2.24) is 9.88 Å². The van der Waals surface area contributed by atoms with Crippen LogP contribution in [-0.2, 0) is 13.1 Å². The third kappa shape index (κ3) is 4.75. The molecule has 4 nitrogen and oxygen atoms in total. The van der Waals surface area contributed by atoms with Crippen LogP contribution in [0.1, 0.15) is 26.5 Å². The Morgan fingerprint density at radius 2 is 1.93 bits per heavy atom. The van der Waals surface area contributed by atoms with Crippen molar-refractivity contribution in [3.8, 4) is 5.75 Å². The molecule has 0 spiro atoms. The second kappa shape index (κ2) is 9.65. The highest BCUT2D eigenvalue weighted by Crippen LogP contribution is 2.29. The molecule has 0 amide bonds. The number of hydrogen-bond acceptors (Lipinski definition) is 4. The van der Waals surface area contributed by atoms with Gasteiger partial charge in [-0.05, 0) is 61.3 Å². The van der Waals surface area contributed by atoms with Gasteiger partial charge < -0.3 is 15.0 Å². The van der Waals surface area contributed by atoms with E-state index in [1.807, 2.05) is 24.4 Å². The number of thiophene rings is 1. The molecule has 7 heteroatoms. The maximum atomic E-state index is 12.5. The summed E-state index contributed by atoms with van der Waals surface area (Å²) >= 11 is 1.70. The minimum atomic E-state index is -0.801. The first-order valence-corrected chi connectivity index (χ1v) is 10.2. The Kier molecular flexibility index (Phi) is 6.97. The maximum absolute atomic E-state index is 12.5. The molecule has 4 rings (SSSR count). The van der Waals surface area contributed by atoms with Crippen LogP contribution in [0.5, 0.6) is 5.75 Å². The molecule has 2 N–H and O–H groups in total. The van der Waals surface area contributed by atoms with E-state index in [4.69, 9.17) is 0 Å². The van der Waals surface area contributed by atoms with Crippen molar-refractivity contribution >= 4 is 28.5 Å². The molecule has 2 heterocycles. The number of carbonyl (C=O) groups excluding carboxylic acids is 1. The third-order valence-electron chi connectivity index (χ3n) is 4.73. The summed E-state index contributed by atoms with van der Waals surface area (Å²) in [5, 5.41) is 15.3. The Hall–Kier alpha value is -3.03. The Bertz CT molecular complexity index is 1150. The molecule has 156 valence electrons. The summed E-state index contributed by atoms with van der Waals surface area (Å²) in [6.07, 6.45) is 0.863. The van der Waals surface area contributed by atoms with E-state index >= 15 is 0 Å². The van der Waals surface area contributed by atoms with E-state index in [-0.39, 0.29) is 5.75 Å². The lowest BCUT2D eigenvalue weighted by molar-refractivity contribution is 0.112. The van der Waals surface area contributed by atoms with Crippen molar-refractivity contribution in [2.24, 2.45) is 0 Å². The molecule has 0 atom stereocenters. The molecule has 0 fully saturated rings. The van der Waals surface area contributed by atoms with Crippen LogP contribution in [-0.4, -0.2) is 23.0 Å². The molecule has 2 aromatic carbocycles.